The van der Waals surface area contributed by atoms with Crippen molar-refractivity contribution in [2.24, 2.45) is 0 Å². The van der Waals surface area contributed by atoms with Gasteiger partial charge in [-0.2, -0.15) is 0 Å². The number of ether oxygens (including phenoxy) is 1. The van der Waals surface area contributed by atoms with Crippen LogP contribution < -0.4 is 15.8 Å². The molecule has 0 unspecified atom stereocenters. The van der Waals surface area contributed by atoms with E-state index in [1.165, 1.54) is 19.4 Å². The maximum absolute atomic E-state index is 11.9. The first kappa shape index (κ1) is 12.9. The molecular weight excluding hydrogens is 242 g/mol. The van der Waals surface area contributed by atoms with Crippen LogP contribution in [0.2, 0.25) is 0 Å². The number of anilines is 1. The smallest absolute Gasteiger partial charge is 0.406 e. The molecule has 0 aromatic heterocycles. The fraction of sp³-hybridized carbons (Fsp3) is 0.333. The fourth-order valence-corrected chi connectivity index (χ4v) is 2.32. The molecule has 0 aliphatic rings. The minimum Gasteiger partial charge on any atom is -0.406 e. The Morgan fingerprint density at radius 3 is 2.31 bits per heavy atom. The van der Waals surface area contributed by atoms with Crippen molar-refractivity contribution < 1.29 is 22.5 Å². The number of benzene rings is 1. The third kappa shape index (κ3) is 3.45. The van der Waals surface area contributed by atoms with Crippen molar-refractivity contribution in [1.82, 2.24) is 0 Å². The molecule has 0 atom stereocenters. The normalized spacial score (nSPS) is 12.6. The lowest BCUT2D eigenvalue weighted by molar-refractivity contribution is -0.274. The van der Waals surface area contributed by atoms with E-state index in [0.717, 1.165) is 12.1 Å². The summed E-state index contributed by atoms with van der Waals surface area (Å²) in [7, 11) is -2.72. The number of nitrogen functional groups attached to an aromatic ring is 1. The average Bonchev–Trinajstić information content (AvgIpc) is 2.04. The summed E-state index contributed by atoms with van der Waals surface area (Å²) in [5.74, 6) is -0.416. The van der Waals surface area contributed by atoms with Crippen LogP contribution in [0, 0.1) is 0 Å². The summed E-state index contributed by atoms with van der Waals surface area (Å²) in [6.07, 6.45) is -4.77. The van der Waals surface area contributed by atoms with E-state index in [9.17, 15) is 17.7 Å². The highest BCUT2D eigenvalue weighted by Crippen LogP contribution is 2.38. The highest BCUT2D eigenvalue weighted by molar-refractivity contribution is 7.70. The van der Waals surface area contributed by atoms with Gasteiger partial charge in [0.2, 0.25) is 0 Å². The van der Waals surface area contributed by atoms with Crippen molar-refractivity contribution in [2.75, 3.05) is 19.1 Å². The van der Waals surface area contributed by atoms with Crippen LogP contribution in [0.1, 0.15) is 0 Å². The second-order valence-electron chi connectivity index (χ2n) is 3.62. The average molecular weight is 253 g/mol. The molecule has 0 amide bonds. The van der Waals surface area contributed by atoms with Gasteiger partial charge in [0.15, 0.2) is 0 Å². The Morgan fingerprint density at radius 2 is 1.88 bits per heavy atom. The molecule has 7 heteroatoms. The van der Waals surface area contributed by atoms with Crippen LogP contribution in [0.3, 0.4) is 0 Å². The molecule has 0 heterocycles. The summed E-state index contributed by atoms with van der Waals surface area (Å²) >= 11 is 0. The quantitative estimate of drug-likeness (QED) is 0.650. The third-order valence-corrected chi connectivity index (χ3v) is 3.36. The predicted molar refractivity (Wildman–Crippen MR) is 56.6 cm³/mol. The molecule has 1 aromatic rings. The Kier molecular flexibility index (Phi) is 3.24. The Morgan fingerprint density at radius 1 is 1.31 bits per heavy atom. The zero-order valence-corrected chi connectivity index (χ0v) is 9.60. The fourth-order valence-electron chi connectivity index (χ4n) is 1.19. The van der Waals surface area contributed by atoms with Crippen molar-refractivity contribution in [3.05, 3.63) is 18.2 Å². The maximum atomic E-state index is 11.9. The zero-order valence-electron chi connectivity index (χ0n) is 8.71. The minimum absolute atomic E-state index is 0.189. The number of alkyl halides is 3. The van der Waals surface area contributed by atoms with Crippen LogP contribution in [0.25, 0.3) is 0 Å². The molecule has 0 spiro atoms. The van der Waals surface area contributed by atoms with E-state index in [4.69, 9.17) is 5.73 Å². The molecule has 0 saturated carbocycles. The van der Waals surface area contributed by atoms with Gasteiger partial charge in [-0.05, 0) is 31.5 Å². The largest absolute Gasteiger partial charge is 0.573 e. The van der Waals surface area contributed by atoms with E-state index in [0.29, 0.717) is 0 Å². The van der Waals surface area contributed by atoms with Gasteiger partial charge in [-0.15, -0.1) is 13.2 Å². The second kappa shape index (κ2) is 4.01. The van der Waals surface area contributed by atoms with Gasteiger partial charge in [-0.25, -0.2) is 0 Å². The summed E-state index contributed by atoms with van der Waals surface area (Å²) in [5.41, 5.74) is 5.73. The molecule has 1 rings (SSSR count). The van der Waals surface area contributed by atoms with Crippen LogP contribution in [0.5, 0.6) is 5.75 Å². The predicted octanol–water partition coefficient (Wildman–Crippen LogP) is 2.42. The topological polar surface area (TPSA) is 52.3 Å². The van der Waals surface area contributed by atoms with Gasteiger partial charge in [0.1, 0.15) is 12.9 Å². The molecule has 16 heavy (non-hydrogen) atoms. The van der Waals surface area contributed by atoms with E-state index >= 15 is 0 Å². The third-order valence-electron chi connectivity index (χ3n) is 1.82. The molecule has 0 bridgehead atoms. The summed E-state index contributed by atoms with van der Waals surface area (Å²) in [5, 5.41) is 0.189. The van der Waals surface area contributed by atoms with Crippen molar-refractivity contribution in [2.45, 2.75) is 6.36 Å². The number of nitrogens with two attached hydrogens (primary N) is 1. The van der Waals surface area contributed by atoms with E-state index in [-0.39, 0.29) is 11.0 Å². The van der Waals surface area contributed by atoms with Gasteiger partial charge in [0, 0.05) is 11.0 Å². The van der Waals surface area contributed by atoms with Crippen molar-refractivity contribution in [1.29, 1.82) is 0 Å². The maximum Gasteiger partial charge on any atom is 0.573 e. The van der Waals surface area contributed by atoms with E-state index in [2.05, 4.69) is 4.74 Å². The first-order valence-electron chi connectivity index (χ1n) is 4.30. The molecule has 0 aliphatic heterocycles. The van der Waals surface area contributed by atoms with Crippen LogP contribution in [0.4, 0.5) is 18.9 Å². The van der Waals surface area contributed by atoms with E-state index < -0.39 is 19.3 Å². The summed E-state index contributed by atoms with van der Waals surface area (Å²) < 4.78 is 51.3. The molecule has 0 fully saturated rings. The lowest BCUT2D eigenvalue weighted by atomic mass is 10.3. The van der Waals surface area contributed by atoms with Crippen LogP contribution in [0.15, 0.2) is 18.2 Å². The Balaban J connectivity index is 3.14. The molecule has 3 nitrogen and oxygen atoms in total. The second-order valence-corrected chi connectivity index (χ2v) is 6.80. The summed E-state index contributed by atoms with van der Waals surface area (Å²) in [4.78, 5) is 0. The lowest BCUT2D eigenvalue weighted by Gasteiger charge is -2.14. The summed E-state index contributed by atoms with van der Waals surface area (Å²) in [6, 6.07) is 3.39. The Hall–Kier alpha value is -1.16. The zero-order chi connectivity index (χ0) is 12.6. The lowest BCUT2D eigenvalue weighted by Crippen LogP contribution is -2.19. The van der Waals surface area contributed by atoms with Gasteiger partial charge in [0.05, 0.1) is 0 Å². The molecule has 0 saturated heterocycles. The van der Waals surface area contributed by atoms with Crippen LogP contribution in [-0.2, 0) is 4.57 Å². The monoisotopic (exact) mass is 253 g/mol. The highest BCUT2D eigenvalue weighted by Gasteiger charge is 2.31. The SMILES string of the molecule is CP(C)(=O)c1cc(OC(F)(F)F)ccc1N. The van der Waals surface area contributed by atoms with Crippen molar-refractivity contribution in [3.8, 4) is 5.75 Å². The van der Waals surface area contributed by atoms with Gasteiger partial charge in [-0.1, -0.05) is 0 Å². The van der Waals surface area contributed by atoms with Crippen LogP contribution in [-0.4, -0.2) is 19.7 Å². The summed E-state index contributed by atoms with van der Waals surface area (Å²) in [6.45, 7) is 2.85. The van der Waals surface area contributed by atoms with Gasteiger partial charge < -0.3 is 15.0 Å². The highest BCUT2D eigenvalue weighted by atomic mass is 31.2. The molecule has 0 aliphatic carbocycles. The van der Waals surface area contributed by atoms with Gasteiger partial charge in [0.25, 0.3) is 0 Å². The first-order valence-corrected chi connectivity index (χ1v) is 6.90. The number of halogens is 3. The van der Waals surface area contributed by atoms with Crippen molar-refractivity contribution >= 4 is 18.1 Å². The molecular formula is C9H11F3NO2P. The molecule has 0 radical (unpaired) electrons. The minimum atomic E-state index is -4.77. The number of hydrogen-bond acceptors (Lipinski definition) is 3. The number of hydrogen-bond donors (Lipinski definition) is 1. The molecule has 1 aromatic carbocycles. The van der Waals surface area contributed by atoms with Crippen molar-refractivity contribution in [3.63, 3.8) is 0 Å². The number of rotatable bonds is 2. The Labute approximate surface area is 90.8 Å². The standard InChI is InChI=1S/C9H11F3NO2P/c1-16(2,14)8-5-6(3-4-7(8)13)15-9(10,11)12/h3-5H,13H2,1-2H3. The van der Waals surface area contributed by atoms with Gasteiger partial charge >= 0.3 is 6.36 Å². The van der Waals surface area contributed by atoms with E-state index in [1.54, 1.807) is 0 Å². The van der Waals surface area contributed by atoms with Gasteiger partial charge in [-0.3, -0.25) is 0 Å². The Bertz CT molecular complexity index is 439. The molecule has 2 N–H and O–H groups in total. The molecule has 90 valence electrons. The van der Waals surface area contributed by atoms with Crippen LogP contribution >= 0.6 is 7.14 Å². The van der Waals surface area contributed by atoms with E-state index in [1.807, 2.05) is 0 Å². The first-order chi connectivity index (χ1) is 7.09.